The smallest absolute Gasteiger partial charge is 0.362 e. The molecule has 0 aromatic heterocycles. The fourth-order valence-electron chi connectivity index (χ4n) is 4.19. The summed E-state index contributed by atoms with van der Waals surface area (Å²) in [5.74, 6) is -1.65. The van der Waals surface area contributed by atoms with Crippen LogP contribution < -0.4 is 0 Å². The molecule has 0 aromatic carbocycles. The number of unbranched alkanes of at least 4 members (excludes halogenated alkanes) is 6. The molecule has 8 nitrogen and oxygen atoms in total. The summed E-state index contributed by atoms with van der Waals surface area (Å²) in [7, 11) is 5.46. The lowest BCUT2D eigenvalue weighted by molar-refractivity contribution is -0.887. The SMILES string of the molecule is CC/C=C/C/C=C/C/C=C/CC(=O)OC(COCCC(C(=O)O)[N+](C)(C)C)COC(=O)CCCCCC/C=C/CCCC. The van der Waals surface area contributed by atoms with E-state index < -0.39 is 24.1 Å². The third-order valence-electron chi connectivity index (χ3n) is 6.75. The third-order valence-corrected chi connectivity index (χ3v) is 6.75. The van der Waals surface area contributed by atoms with Gasteiger partial charge in [-0.1, -0.05) is 88.1 Å². The first-order valence-electron chi connectivity index (χ1n) is 16.2. The van der Waals surface area contributed by atoms with Crippen LogP contribution in [0.4, 0.5) is 0 Å². The number of carboxylic acid groups (broad SMARTS) is 1. The van der Waals surface area contributed by atoms with Gasteiger partial charge in [-0.2, -0.15) is 0 Å². The second-order valence-electron chi connectivity index (χ2n) is 11.7. The number of hydrogen-bond acceptors (Lipinski definition) is 6. The molecule has 0 bridgehead atoms. The fraction of sp³-hybridized carbons (Fsp3) is 0.686. The standard InChI is InChI=1S/C35H59NO7/c1-6-8-10-12-14-16-18-19-21-23-25-33(37)42-30-31(29-41-28-27-32(35(39)40)36(3,4)5)43-34(38)26-24-22-20-17-15-13-11-9-7-2/h9,11-12,14-15,17,22,24,31-32H,6-8,10,13,16,18-21,23,25-30H2,1-5H3/p+1/b11-9+,14-12+,17-15+,24-22+. The maximum atomic E-state index is 12.5. The zero-order valence-corrected chi connectivity index (χ0v) is 27.6. The summed E-state index contributed by atoms with van der Waals surface area (Å²) in [4.78, 5) is 36.4. The summed E-state index contributed by atoms with van der Waals surface area (Å²) in [5.41, 5.74) is 0. The zero-order valence-electron chi connectivity index (χ0n) is 27.6. The molecule has 0 aliphatic heterocycles. The highest BCUT2D eigenvalue weighted by Gasteiger charge is 2.31. The molecular formula is C35H60NO7+. The number of ether oxygens (including phenoxy) is 3. The van der Waals surface area contributed by atoms with Crippen LogP contribution in [0.2, 0.25) is 0 Å². The lowest BCUT2D eigenvalue weighted by atomic mass is 10.1. The average molecular weight is 607 g/mol. The summed E-state index contributed by atoms with van der Waals surface area (Å²) in [6.45, 7) is 4.40. The second-order valence-corrected chi connectivity index (χ2v) is 11.7. The largest absolute Gasteiger partial charge is 0.477 e. The number of carbonyl (C=O) groups is 3. The van der Waals surface area contributed by atoms with E-state index in [4.69, 9.17) is 14.2 Å². The summed E-state index contributed by atoms with van der Waals surface area (Å²) in [5, 5.41) is 9.52. The van der Waals surface area contributed by atoms with E-state index in [1.54, 1.807) is 6.08 Å². The van der Waals surface area contributed by atoms with Crippen molar-refractivity contribution in [2.45, 2.75) is 116 Å². The Morgan fingerprint density at radius 1 is 0.744 bits per heavy atom. The van der Waals surface area contributed by atoms with Crippen molar-refractivity contribution in [3.8, 4) is 0 Å². The number of carboxylic acids is 1. The van der Waals surface area contributed by atoms with Gasteiger partial charge < -0.3 is 23.8 Å². The molecule has 246 valence electrons. The molecule has 43 heavy (non-hydrogen) atoms. The van der Waals surface area contributed by atoms with Crippen molar-refractivity contribution in [1.82, 2.24) is 0 Å². The van der Waals surface area contributed by atoms with Gasteiger partial charge in [0.05, 0.1) is 40.8 Å². The lowest BCUT2D eigenvalue weighted by Crippen LogP contribution is -2.50. The van der Waals surface area contributed by atoms with Gasteiger partial charge in [0, 0.05) is 12.8 Å². The Morgan fingerprint density at radius 3 is 2.00 bits per heavy atom. The van der Waals surface area contributed by atoms with Crippen molar-refractivity contribution in [2.24, 2.45) is 0 Å². The van der Waals surface area contributed by atoms with Crippen LogP contribution in [-0.4, -0.2) is 80.6 Å². The first kappa shape index (κ1) is 40.3. The molecule has 0 aliphatic rings. The monoisotopic (exact) mass is 606 g/mol. The molecular weight excluding hydrogens is 546 g/mol. The molecule has 0 saturated heterocycles. The van der Waals surface area contributed by atoms with E-state index in [-0.39, 0.29) is 36.7 Å². The lowest BCUT2D eigenvalue weighted by Gasteiger charge is -2.31. The Hall–Kier alpha value is -2.71. The van der Waals surface area contributed by atoms with E-state index >= 15 is 0 Å². The number of likely N-dealkylation sites (N-methyl/N-ethyl adjacent to an activating group) is 1. The minimum atomic E-state index is -0.893. The van der Waals surface area contributed by atoms with Gasteiger partial charge in [0.25, 0.3) is 0 Å². The number of rotatable bonds is 27. The third kappa shape index (κ3) is 25.5. The Bertz CT molecular complexity index is 855. The van der Waals surface area contributed by atoms with Gasteiger partial charge in [-0.15, -0.1) is 0 Å². The van der Waals surface area contributed by atoms with E-state index in [9.17, 15) is 19.5 Å². The number of quaternary nitrogens is 1. The summed E-state index contributed by atoms with van der Waals surface area (Å²) < 4.78 is 16.9. The quantitative estimate of drug-likeness (QED) is 0.0452. The number of aliphatic carboxylic acids is 1. The highest BCUT2D eigenvalue weighted by atomic mass is 16.6. The van der Waals surface area contributed by atoms with Crippen LogP contribution >= 0.6 is 0 Å². The van der Waals surface area contributed by atoms with Gasteiger partial charge >= 0.3 is 17.9 Å². The van der Waals surface area contributed by atoms with E-state index in [0.29, 0.717) is 12.8 Å². The maximum absolute atomic E-state index is 12.5. The van der Waals surface area contributed by atoms with Crippen molar-refractivity contribution < 1.29 is 38.2 Å². The van der Waals surface area contributed by atoms with E-state index in [2.05, 4.69) is 44.2 Å². The Morgan fingerprint density at radius 2 is 1.37 bits per heavy atom. The summed E-state index contributed by atoms with van der Waals surface area (Å²) in [6.07, 6.45) is 27.7. The van der Waals surface area contributed by atoms with Crippen LogP contribution in [0.5, 0.6) is 0 Å². The van der Waals surface area contributed by atoms with Crippen molar-refractivity contribution in [3.05, 3.63) is 48.6 Å². The van der Waals surface area contributed by atoms with Gasteiger partial charge in [-0.25, -0.2) is 4.79 Å². The molecule has 2 unspecified atom stereocenters. The normalized spacial score (nSPS) is 13.8. The molecule has 0 saturated carbocycles. The van der Waals surface area contributed by atoms with Gasteiger partial charge in [-0.05, 0) is 44.9 Å². The molecule has 0 aliphatic carbocycles. The Labute approximate surface area is 261 Å². The molecule has 0 rings (SSSR count). The van der Waals surface area contributed by atoms with Crippen LogP contribution in [0, 0.1) is 0 Å². The molecule has 8 heteroatoms. The molecule has 1 N–H and O–H groups in total. The maximum Gasteiger partial charge on any atom is 0.362 e. The van der Waals surface area contributed by atoms with Crippen molar-refractivity contribution in [1.29, 1.82) is 0 Å². The molecule has 0 spiro atoms. The van der Waals surface area contributed by atoms with Crippen LogP contribution in [0.3, 0.4) is 0 Å². The average Bonchev–Trinajstić information content (AvgIpc) is 2.94. The van der Waals surface area contributed by atoms with E-state index in [1.807, 2.05) is 33.3 Å². The van der Waals surface area contributed by atoms with Gasteiger partial charge in [0.2, 0.25) is 0 Å². The van der Waals surface area contributed by atoms with Crippen molar-refractivity contribution in [2.75, 3.05) is 41.0 Å². The number of nitrogens with zero attached hydrogens (tertiary/aromatic N) is 1. The molecule has 0 aromatic rings. The van der Waals surface area contributed by atoms with E-state index in [0.717, 1.165) is 57.8 Å². The topological polar surface area (TPSA) is 99.1 Å². The van der Waals surface area contributed by atoms with Crippen LogP contribution in [0.1, 0.15) is 104 Å². The van der Waals surface area contributed by atoms with Gasteiger partial charge in [0.15, 0.2) is 12.1 Å². The highest BCUT2D eigenvalue weighted by molar-refractivity contribution is 5.72. The minimum Gasteiger partial charge on any atom is -0.477 e. The Kier molecular flexibility index (Phi) is 25.2. The molecule has 0 heterocycles. The molecule has 0 amide bonds. The van der Waals surface area contributed by atoms with Gasteiger partial charge in [-0.3, -0.25) is 9.59 Å². The fourth-order valence-corrected chi connectivity index (χ4v) is 4.19. The summed E-state index contributed by atoms with van der Waals surface area (Å²) >= 11 is 0. The highest BCUT2D eigenvalue weighted by Crippen LogP contribution is 2.11. The molecule has 0 fully saturated rings. The van der Waals surface area contributed by atoms with Crippen molar-refractivity contribution >= 4 is 17.9 Å². The van der Waals surface area contributed by atoms with Crippen LogP contribution in [0.15, 0.2) is 48.6 Å². The predicted molar refractivity (Wildman–Crippen MR) is 174 cm³/mol. The van der Waals surface area contributed by atoms with Crippen molar-refractivity contribution in [3.63, 3.8) is 0 Å². The summed E-state index contributed by atoms with van der Waals surface area (Å²) in [6, 6.07) is -0.627. The van der Waals surface area contributed by atoms with Crippen LogP contribution in [-0.2, 0) is 28.6 Å². The first-order valence-corrected chi connectivity index (χ1v) is 16.2. The Balaban J connectivity index is 4.64. The predicted octanol–water partition coefficient (Wildman–Crippen LogP) is 7.34. The number of hydrogen-bond donors (Lipinski definition) is 1. The second kappa shape index (κ2) is 26.9. The van der Waals surface area contributed by atoms with Crippen LogP contribution in [0.25, 0.3) is 0 Å². The number of esters is 2. The van der Waals surface area contributed by atoms with E-state index in [1.165, 1.54) is 12.8 Å². The van der Waals surface area contributed by atoms with Gasteiger partial charge in [0.1, 0.15) is 6.61 Å². The number of allylic oxidation sites excluding steroid dienone is 7. The first-order chi connectivity index (χ1) is 20.6. The number of carbonyl (C=O) groups excluding carboxylic acids is 2. The minimum absolute atomic E-state index is 0.0198. The molecule has 2 atom stereocenters. The molecule has 0 radical (unpaired) electrons. The zero-order chi connectivity index (χ0) is 32.2.